The van der Waals surface area contributed by atoms with Crippen LogP contribution >= 0.6 is 39.1 Å². The molecule has 0 aliphatic rings. The van der Waals surface area contributed by atoms with E-state index in [4.69, 9.17) is 23.2 Å². The van der Waals surface area contributed by atoms with Crippen molar-refractivity contribution in [3.8, 4) is 0 Å². The van der Waals surface area contributed by atoms with Crippen LogP contribution in [-0.4, -0.2) is 13.4 Å². The van der Waals surface area contributed by atoms with Gasteiger partial charge in [-0.3, -0.25) is 4.98 Å². The monoisotopic (exact) mass is 393 g/mol. The zero-order chi connectivity index (χ0) is 14.9. The highest BCUT2D eigenvalue weighted by Crippen LogP contribution is 2.31. The SMILES string of the molecule is Cc1ncc(Br)cc1CS(=O)(=O)c1cccc(Cl)c1Cl. The number of hydrogen-bond donors (Lipinski definition) is 0. The number of hydrogen-bond acceptors (Lipinski definition) is 3. The maximum Gasteiger partial charge on any atom is 0.184 e. The minimum Gasteiger partial charge on any atom is -0.260 e. The maximum absolute atomic E-state index is 12.5. The van der Waals surface area contributed by atoms with Crippen LogP contribution in [0.5, 0.6) is 0 Å². The first-order valence-corrected chi connectivity index (χ1v) is 8.79. The minimum atomic E-state index is -3.58. The molecule has 0 spiro atoms. The molecule has 0 amide bonds. The minimum absolute atomic E-state index is 0.0334. The molecule has 0 saturated carbocycles. The van der Waals surface area contributed by atoms with E-state index in [1.165, 1.54) is 6.07 Å². The van der Waals surface area contributed by atoms with Gasteiger partial charge in [-0.05, 0) is 46.6 Å². The lowest BCUT2D eigenvalue weighted by Gasteiger charge is -2.09. The number of aromatic nitrogens is 1. The van der Waals surface area contributed by atoms with Crippen molar-refractivity contribution in [3.63, 3.8) is 0 Å². The Morgan fingerprint density at radius 2 is 2.00 bits per heavy atom. The van der Waals surface area contributed by atoms with E-state index < -0.39 is 9.84 Å². The van der Waals surface area contributed by atoms with Gasteiger partial charge in [-0.25, -0.2) is 8.42 Å². The van der Waals surface area contributed by atoms with Crippen LogP contribution in [0.4, 0.5) is 0 Å². The maximum atomic E-state index is 12.5. The molecular weight excluding hydrogens is 385 g/mol. The third kappa shape index (κ3) is 3.34. The number of sulfone groups is 1. The van der Waals surface area contributed by atoms with Gasteiger partial charge in [-0.1, -0.05) is 29.3 Å². The van der Waals surface area contributed by atoms with Crippen LogP contribution in [0, 0.1) is 6.92 Å². The molecule has 106 valence electrons. The van der Waals surface area contributed by atoms with Gasteiger partial charge in [-0.15, -0.1) is 0 Å². The van der Waals surface area contributed by atoms with Crippen molar-refractivity contribution in [1.29, 1.82) is 0 Å². The largest absolute Gasteiger partial charge is 0.260 e. The van der Waals surface area contributed by atoms with Crippen molar-refractivity contribution >= 4 is 49.0 Å². The Labute approximate surface area is 136 Å². The number of rotatable bonds is 3. The van der Waals surface area contributed by atoms with Crippen molar-refractivity contribution in [3.05, 3.63) is 56.2 Å². The van der Waals surface area contributed by atoms with Crippen molar-refractivity contribution < 1.29 is 8.42 Å². The summed E-state index contributed by atoms with van der Waals surface area (Å²) in [6.07, 6.45) is 1.62. The van der Waals surface area contributed by atoms with Crippen molar-refractivity contribution in [2.24, 2.45) is 0 Å². The highest BCUT2D eigenvalue weighted by atomic mass is 79.9. The molecule has 2 rings (SSSR count). The highest BCUT2D eigenvalue weighted by Gasteiger charge is 2.21. The highest BCUT2D eigenvalue weighted by molar-refractivity contribution is 9.10. The smallest absolute Gasteiger partial charge is 0.184 e. The Morgan fingerprint density at radius 3 is 2.70 bits per heavy atom. The van der Waals surface area contributed by atoms with Crippen LogP contribution < -0.4 is 0 Å². The molecular formula is C13H10BrCl2NO2S. The number of nitrogens with zero attached hydrogens (tertiary/aromatic N) is 1. The summed E-state index contributed by atoms with van der Waals surface area (Å²) >= 11 is 15.1. The van der Waals surface area contributed by atoms with Crippen LogP contribution in [0.15, 0.2) is 39.8 Å². The summed E-state index contributed by atoms with van der Waals surface area (Å²) < 4.78 is 25.6. The summed E-state index contributed by atoms with van der Waals surface area (Å²) in [4.78, 5) is 4.16. The molecule has 1 heterocycles. The first-order chi connectivity index (χ1) is 9.31. The van der Waals surface area contributed by atoms with E-state index in [1.807, 2.05) is 0 Å². The standard InChI is InChI=1S/C13H10BrCl2NO2S/c1-8-9(5-10(14)6-17-8)7-20(18,19)12-4-2-3-11(15)13(12)16/h2-6H,7H2,1H3. The predicted octanol–water partition coefficient (Wildman–Crippen LogP) is 4.43. The van der Waals surface area contributed by atoms with Crippen LogP contribution in [0.1, 0.15) is 11.3 Å². The summed E-state index contributed by atoms with van der Waals surface area (Å²) in [7, 11) is -3.58. The van der Waals surface area contributed by atoms with Crippen molar-refractivity contribution in [2.75, 3.05) is 0 Å². The third-order valence-electron chi connectivity index (χ3n) is 2.76. The molecule has 3 nitrogen and oxygen atoms in total. The van der Waals surface area contributed by atoms with Crippen LogP contribution in [0.2, 0.25) is 10.0 Å². The average molecular weight is 395 g/mol. The molecule has 20 heavy (non-hydrogen) atoms. The summed E-state index contributed by atoms with van der Waals surface area (Å²) in [6.45, 7) is 1.76. The van der Waals surface area contributed by atoms with Crippen LogP contribution in [0.3, 0.4) is 0 Å². The second-order valence-corrected chi connectivity index (χ2v) is 7.87. The lowest BCUT2D eigenvalue weighted by molar-refractivity contribution is 0.595. The van der Waals surface area contributed by atoms with Gasteiger partial charge >= 0.3 is 0 Å². The lowest BCUT2D eigenvalue weighted by Crippen LogP contribution is -2.07. The Morgan fingerprint density at radius 1 is 1.30 bits per heavy atom. The molecule has 0 bridgehead atoms. The molecule has 2 aromatic rings. The molecule has 0 atom stereocenters. The topological polar surface area (TPSA) is 47.0 Å². The molecule has 0 fully saturated rings. The second kappa shape index (κ2) is 6.02. The molecule has 1 aromatic carbocycles. The summed E-state index contributed by atoms with van der Waals surface area (Å²) in [5, 5.41) is 0.270. The Bertz CT molecular complexity index is 763. The van der Waals surface area contributed by atoms with Gasteiger partial charge in [0.1, 0.15) is 0 Å². The summed E-state index contributed by atoms with van der Waals surface area (Å²) in [6, 6.07) is 6.30. The number of benzene rings is 1. The molecule has 0 unspecified atom stereocenters. The van der Waals surface area contributed by atoms with Gasteiger partial charge in [0, 0.05) is 16.4 Å². The average Bonchev–Trinajstić information content (AvgIpc) is 2.36. The molecule has 0 N–H and O–H groups in total. The zero-order valence-corrected chi connectivity index (χ0v) is 14.3. The first-order valence-electron chi connectivity index (χ1n) is 5.59. The second-order valence-electron chi connectivity index (χ2n) is 4.21. The molecule has 0 aliphatic heterocycles. The molecule has 1 aromatic heterocycles. The van der Waals surface area contributed by atoms with Crippen LogP contribution in [0.25, 0.3) is 0 Å². The van der Waals surface area contributed by atoms with E-state index in [-0.39, 0.29) is 20.7 Å². The fourth-order valence-corrected chi connectivity index (χ4v) is 4.32. The van der Waals surface area contributed by atoms with Gasteiger partial charge in [0.15, 0.2) is 9.84 Å². The van der Waals surface area contributed by atoms with Gasteiger partial charge in [0.25, 0.3) is 0 Å². The van der Waals surface area contributed by atoms with E-state index in [1.54, 1.807) is 31.3 Å². The first kappa shape index (κ1) is 15.8. The Balaban J connectivity index is 2.46. The number of pyridine rings is 1. The van der Waals surface area contributed by atoms with Crippen molar-refractivity contribution in [1.82, 2.24) is 4.98 Å². The molecule has 0 saturated heterocycles. The van der Waals surface area contributed by atoms with E-state index in [2.05, 4.69) is 20.9 Å². The molecule has 0 radical (unpaired) electrons. The Hall–Kier alpha value is -0.620. The molecule has 0 aliphatic carbocycles. The van der Waals surface area contributed by atoms with Crippen molar-refractivity contribution in [2.45, 2.75) is 17.6 Å². The number of aryl methyl sites for hydroxylation is 1. The quantitative estimate of drug-likeness (QED) is 0.773. The van der Waals surface area contributed by atoms with E-state index in [9.17, 15) is 8.42 Å². The van der Waals surface area contributed by atoms with Gasteiger partial charge < -0.3 is 0 Å². The number of halogens is 3. The van der Waals surface area contributed by atoms with Crippen LogP contribution in [-0.2, 0) is 15.6 Å². The fraction of sp³-hybridized carbons (Fsp3) is 0.154. The normalized spacial score (nSPS) is 11.6. The zero-order valence-electron chi connectivity index (χ0n) is 10.4. The predicted molar refractivity (Wildman–Crippen MR) is 84.0 cm³/mol. The van der Waals surface area contributed by atoms with E-state index in [0.717, 1.165) is 4.47 Å². The van der Waals surface area contributed by atoms with Gasteiger partial charge in [-0.2, -0.15) is 0 Å². The van der Waals surface area contributed by atoms with E-state index >= 15 is 0 Å². The summed E-state index contributed by atoms with van der Waals surface area (Å²) in [5.74, 6) is -0.175. The molecule has 7 heteroatoms. The van der Waals surface area contributed by atoms with Gasteiger partial charge in [0.05, 0.1) is 20.7 Å². The van der Waals surface area contributed by atoms with E-state index in [0.29, 0.717) is 11.3 Å². The third-order valence-corrected chi connectivity index (χ3v) is 5.82. The Kier molecular flexibility index (Phi) is 4.74. The fourth-order valence-electron chi connectivity index (χ4n) is 1.70. The summed E-state index contributed by atoms with van der Waals surface area (Å²) in [5.41, 5.74) is 1.28. The van der Waals surface area contributed by atoms with Gasteiger partial charge in [0.2, 0.25) is 0 Å². The lowest BCUT2D eigenvalue weighted by atomic mass is 10.2.